The Hall–Kier alpha value is -2.15. The molecular weight excluding hydrogens is 400 g/mol. The number of aliphatic carboxylic acids is 1. The lowest BCUT2D eigenvalue weighted by Crippen LogP contribution is -2.37. The largest absolute Gasteiger partial charge is 0.481 e. The summed E-state index contributed by atoms with van der Waals surface area (Å²) in [6.07, 6.45) is 12.9. The van der Waals surface area contributed by atoms with Gasteiger partial charge < -0.3 is 15.7 Å². The lowest BCUT2D eigenvalue weighted by atomic mass is 9.82. The number of fused-ring (bicyclic) bond motifs is 3. The number of rotatable bonds is 5. The second kappa shape index (κ2) is 7.84. The van der Waals surface area contributed by atoms with Crippen molar-refractivity contribution in [2.75, 3.05) is 5.32 Å². The Morgan fingerprint density at radius 2 is 1.67 bits per heavy atom. The Bertz CT molecular complexity index is 915. The van der Waals surface area contributed by atoms with E-state index in [1.807, 2.05) is 12.2 Å². The molecule has 0 radical (unpaired) electrons. The van der Waals surface area contributed by atoms with Gasteiger partial charge in [0.15, 0.2) is 0 Å². The Morgan fingerprint density at radius 3 is 2.40 bits per heavy atom. The maximum Gasteiger partial charge on any atom is 0.307 e. The second-order valence-electron chi connectivity index (χ2n) is 9.20. The molecule has 3 N–H and O–H groups in total. The summed E-state index contributed by atoms with van der Waals surface area (Å²) in [6, 6.07) is 0.215. The van der Waals surface area contributed by atoms with Crippen molar-refractivity contribution >= 4 is 34.1 Å². The monoisotopic (exact) mass is 428 g/mol. The van der Waals surface area contributed by atoms with E-state index in [1.165, 1.54) is 16.2 Å². The summed E-state index contributed by atoms with van der Waals surface area (Å²) >= 11 is 1.51. The fraction of sp³-hybridized carbons (Fsp3) is 0.609. The average molecular weight is 429 g/mol. The molecule has 7 heteroatoms. The van der Waals surface area contributed by atoms with Crippen molar-refractivity contribution in [1.29, 1.82) is 0 Å². The second-order valence-corrected chi connectivity index (χ2v) is 10.3. The number of aryl methyl sites for hydroxylation is 1. The molecule has 4 atom stereocenters. The summed E-state index contributed by atoms with van der Waals surface area (Å²) < 4.78 is 0. The zero-order valence-corrected chi connectivity index (χ0v) is 17.8. The van der Waals surface area contributed by atoms with Crippen LogP contribution in [0.4, 0.5) is 5.00 Å². The van der Waals surface area contributed by atoms with E-state index in [4.69, 9.17) is 0 Å². The maximum atomic E-state index is 13.2. The van der Waals surface area contributed by atoms with Gasteiger partial charge in [-0.2, -0.15) is 0 Å². The number of hydrogen-bond acceptors (Lipinski definition) is 4. The predicted octanol–water partition coefficient (Wildman–Crippen LogP) is 3.76. The lowest BCUT2D eigenvalue weighted by Gasteiger charge is -2.24. The smallest absolute Gasteiger partial charge is 0.307 e. The van der Waals surface area contributed by atoms with Crippen LogP contribution in [0.15, 0.2) is 12.2 Å². The van der Waals surface area contributed by atoms with Gasteiger partial charge in [-0.25, -0.2) is 0 Å². The van der Waals surface area contributed by atoms with Crippen LogP contribution in [0.3, 0.4) is 0 Å². The number of carbonyl (C=O) groups is 3. The molecule has 6 nitrogen and oxygen atoms in total. The average Bonchev–Trinajstić information content (AvgIpc) is 3.50. The van der Waals surface area contributed by atoms with Gasteiger partial charge in [0.25, 0.3) is 5.91 Å². The highest BCUT2D eigenvalue weighted by Crippen LogP contribution is 2.49. The molecule has 0 spiro atoms. The van der Waals surface area contributed by atoms with Gasteiger partial charge in [0, 0.05) is 10.9 Å². The maximum absolute atomic E-state index is 13.2. The van der Waals surface area contributed by atoms with Crippen molar-refractivity contribution in [3.63, 3.8) is 0 Å². The summed E-state index contributed by atoms with van der Waals surface area (Å²) in [4.78, 5) is 39.4. The molecule has 1 aromatic heterocycles. The number of carboxylic acids is 1. The number of thiophene rings is 1. The van der Waals surface area contributed by atoms with E-state index >= 15 is 0 Å². The molecule has 0 unspecified atom stereocenters. The number of amides is 2. The molecule has 0 aliphatic heterocycles. The molecule has 160 valence electrons. The van der Waals surface area contributed by atoms with Crippen LogP contribution < -0.4 is 10.6 Å². The summed E-state index contributed by atoms with van der Waals surface area (Å²) in [5.74, 6) is -2.58. The summed E-state index contributed by atoms with van der Waals surface area (Å²) in [7, 11) is 0. The van der Waals surface area contributed by atoms with E-state index in [2.05, 4.69) is 10.6 Å². The number of carboxylic acid groups (broad SMARTS) is 1. The van der Waals surface area contributed by atoms with Crippen LogP contribution in [0.1, 0.15) is 65.7 Å². The van der Waals surface area contributed by atoms with E-state index in [0.29, 0.717) is 10.6 Å². The molecule has 2 amide bonds. The van der Waals surface area contributed by atoms with Crippen LogP contribution in [0.5, 0.6) is 0 Å². The van der Waals surface area contributed by atoms with Crippen LogP contribution in [-0.2, 0) is 22.4 Å². The minimum absolute atomic E-state index is 0.0264. The predicted molar refractivity (Wildman–Crippen MR) is 115 cm³/mol. The Balaban J connectivity index is 1.42. The third-order valence-electron chi connectivity index (χ3n) is 7.37. The van der Waals surface area contributed by atoms with Gasteiger partial charge in [-0.15, -0.1) is 11.3 Å². The van der Waals surface area contributed by atoms with E-state index in [0.717, 1.165) is 63.4 Å². The highest BCUT2D eigenvalue weighted by Gasteiger charge is 2.51. The number of nitrogens with one attached hydrogen (secondary N) is 2. The Labute approximate surface area is 180 Å². The number of hydrogen-bond donors (Lipinski definition) is 3. The van der Waals surface area contributed by atoms with Crippen molar-refractivity contribution in [2.24, 2.45) is 23.7 Å². The molecule has 0 aromatic carbocycles. The van der Waals surface area contributed by atoms with Gasteiger partial charge in [-0.05, 0) is 62.3 Å². The molecule has 2 fully saturated rings. The first kappa shape index (κ1) is 19.8. The molecule has 2 bridgehead atoms. The van der Waals surface area contributed by atoms with Crippen molar-refractivity contribution in [3.05, 3.63) is 28.2 Å². The number of carbonyl (C=O) groups excluding carboxylic acids is 2. The van der Waals surface area contributed by atoms with Gasteiger partial charge >= 0.3 is 5.97 Å². The normalized spacial score (nSPS) is 29.7. The fourth-order valence-corrected chi connectivity index (χ4v) is 7.22. The highest BCUT2D eigenvalue weighted by atomic mass is 32.1. The third kappa shape index (κ3) is 3.37. The van der Waals surface area contributed by atoms with Crippen LogP contribution in [-0.4, -0.2) is 28.9 Å². The van der Waals surface area contributed by atoms with Crippen LogP contribution >= 0.6 is 11.3 Å². The topological polar surface area (TPSA) is 95.5 Å². The van der Waals surface area contributed by atoms with Crippen molar-refractivity contribution in [1.82, 2.24) is 5.32 Å². The minimum Gasteiger partial charge on any atom is -0.481 e. The summed E-state index contributed by atoms with van der Waals surface area (Å²) in [5, 5.41) is 16.5. The third-order valence-corrected chi connectivity index (χ3v) is 8.58. The van der Waals surface area contributed by atoms with Crippen LogP contribution in [0.25, 0.3) is 0 Å². The molecular formula is C23H28N2O4S. The van der Waals surface area contributed by atoms with E-state index in [1.54, 1.807) is 0 Å². The first-order chi connectivity index (χ1) is 14.5. The summed E-state index contributed by atoms with van der Waals surface area (Å²) in [6.45, 7) is 0. The van der Waals surface area contributed by atoms with Gasteiger partial charge in [0.05, 0.1) is 17.4 Å². The lowest BCUT2D eigenvalue weighted by molar-refractivity contribution is -0.146. The SMILES string of the molecule is O=C(NC1CCCC1)c1c(NC(=O)[C@@H]2[C@H](C(=O)O)[C@@H]3C=C[C@H]2C3)sc2c1CCCC2. The zero-order chi connectivity index (χ0) is 20.8. The molecule has 30 heavy (non-hydrogen) atoms. The van der Waals surface area contributed by atoms with Crippen LogP contribution in [0, 0.1) is 23.7 Å². The van der Waals surface area contributed by atoms with Crippen molar-refractivity contribution < 1.29 is 19.5 Å². The number of anilines is 1. The van der Waals surface area contributed by atoms with Gasteiger partial charge in [-0.3, -0.25) is 14.4 Å². The Kier molecular flexibility index (Phi) is 5.17. The van der Waals surface area contributed by atoms with Gasteiger partial charge in [0.1, 0.15) is 5.00 Å². The van der Waals surface area contributed by atoms with Crippen molar-refractivity contribution in [3.8, 4) is 0 Å². The quantitative estimate of drug-likeness (QED) is 0.622. The van der Waals surface area contributed by atoms with E-state index in [9.17, 15) is 19.5 Å². The molecule has 1 aromatic rings. The number of allylic oxidation sites excluding steroid dienone is 2. The van der Waals surface area contributed by atoms with Gasteiger partial charge in [-0.1, -0.05) is 25.0 Å². The van der Waals surface area contributed by atoms with Gasteiger partial charge in [0.2, 0.25) is 5.91 Å². The molecule has 4 aliphatic carbocycles. The zero-order valence-electron chi connectivity index (χ0n) is 17.0. The molecule has 0 saturated heterocycles. The minimum atomic E-state index is -0.906. The molecule has 4 aliphatic rings. The standard InChI is InChI=1S/C23H28N2O4S/c26-20(17-12-9-10-13(11-12)18(17)23(28)29)25-22-19(15-7-3-4-8-16(15)30-22)21(27)24-14-5-1-2-6-14/h9-10,12-14,17-18H,1-8,11H2,(H,24,27)(H,25,26)(H,28,29)/t12-,13+,17-,18+/m0/s1. The fourth-order valence-electron chi connectivity index (χ4n) is 5.93. The molecule has 5 rings (SSSR count). The Morgan fingerprint density at radius 1 is 0.967 bits per heavy atom. The first-order valence-electron chi connectivity index (χ1n) is 11.2. The summed E-state index contributed by atoms with van der Waals surface area (Å²) in [5.41, 5.74) is 1.71. The van der Waals surface area contributed by atoms with Crippen molar-refractivity contribution in [2.45, 2.75) is 63.8 Å². The van der Waals surface area contributed by atoms with E-state index in [-0.39, 0.29) is 29.7 Å². The van der Waals surface area contributed by atoms with Crippen LogP contribution in [0.2, 0.25) is 0 Å². The molecule has 2 saturated carbocycles. The van der Waals surface area contributed by atoms with E-state index < -0.39 is 17.8 Å². The molecule has 1 heterocycles. The highest BCUT2D eigenvalue weighted by molar-refractivity contribution is 7.17. The first-order valence-corrected chi connectivity index (χ1v) is 12.0.